The summed E-state index contributed by atoms with van der Waals surface area (Å²) in [4.78, 5) is 11.6. The molecule has 106 valence electrons. The summed E-state index contributed by atoms with van der Waals surface area (Å²) in [5, 5.41) is 6.87. The van der Waals surface area contributed by atoms with E-state index in [0.29, 0.717) is 28.7 Å². The van der Waals surface area contributed by atoms with Crippen molar-refractivity contribution in [3.63, 3.8) is 0 Å². The number of aryl methyl sites for hydroxylation is 1. The van der Waals surface area contributed by atoms with Gasteiger partial charge in [0, 0.05) is 19.7 Å². The third-order valence-electron chi connectivity index (χ3n) is 2.80. The summed E-state index contributed by atoms with van der Waals surface area (Å²) in [7, 11) is 1.55. The monoisotopic (exact) mass is 343 g/mol. The van der Waals surface area contributed by atoms with Crippen LogP contribution >= 0.6 is 15.9 Å². The minimum Gasteiger partial charge on any atom is -0.382 e. The molecule has 0 unspecified atom stereocenters. The van der Waals surface area contributed by atoms with E-state index in [1.54, 1.807) is 7.05 Å². The van der Waals surface area contributed by atoms with Crippen LogP contribution in [0.2, 0.25) is 0 Å². The molecule has 0 fully saturated rings. The summed E-state index contributed by atoms with van der Waals surface area (Å²) < 4.78 is 27.8. The number of aromatic nitrogens is 2. The lowest BCUT2D eigenvalue weighted by molar-refractivity contribution is 0.572. The fourth-order valence-electron chi connectivity index (χ4n) is 1.69. The number of nitrogens with zero attached hydrogens (tertiary/aromatic N) is 2. The summed E-state index contributed by atoms with van der Waals surface area (Å²) in [6.45, 7) is 0.399. The molecule has 7 heteroatoms. The molecule has 2 aromatic rings. The van der Waals surface area contributed by atoms with E-state index in [2.05, 4.69) is 26.3 Å². The van der Waals surface area contributed by atoms with Gasteiger partial charge >= 0.3 is 0 Å². The standard InChI is InChI=1S/C13H12BrF2N3O/c1-19-13(20)12(14)11(7-18-19)17-5-4-8-2-3-9(15)6-10(8)16/h2-3,6-7,17H,4-5H2,1H3. The highest BCUT2D eigenvalue weighted by Crippen LogP contribution is 2.16. The number of hydrogen-bond donors (Lipinski definition) is 1. The molecule has 20 heavy (non-hydrogen) atoms. The van der Waals surface area contributed by atoms with Crippen LogP contribution in [0.4, 0.5) is 14.5 Å². The Hall–Kier alpha value is -1.76. The fourth-order valence-corrected chi connectivity index (χ4v) is 2.19. The molecular weight excluding hydrogens is 332 g/mol. The number of halogens is 3. The molecule has 0 saturated heterocycles. The van der Waals surface area contributed by atoms with Crippen LogP contribution in [0.15, 0.2) is 33.7 Å². The van der Waals surface area contributed by atoms with Crippen molar-refractivity contribution in [3.05, 3.63) is 56.4 Å². The number of hydrogen-bond acceptors (Lipinski definition) is 3. The third kappa shape index (κ3) is 3.22. The normalized spacial score (nSPS) is 10.6. The maximum absolute atomic E-state index is 13.4. The van der Waals surface area contributed by atoms with Crippen molar-refractivity contribution in [2.45, 2.75) is 6.42 Å². The van der Waals surface area contributed by atoms with Crippen molar-refractivity contribution in [3.8, 4) is 0 Å². The van der Waals surface area contributed by atoms with Gasteiger partial charge in [-0.2, -0.15) is 5.10 Å². The van der Waals surface area contributed by atoms with E-state index in [0.717, 1.165) is 6.07 Å². The van der Waals surface area contributed by atoms with Crippen LogP contribution < -0.4 is 10.9 Å². The first kappa shape index (κ1) is 14.6. The minimum atomic E-state index is -0.599. The zero-order valence-electron chi connectivity index (χ0n) is 10.7. The number of nitrogens with one attached hydrogen (secondary N) is 1. The lowest BCUT2D eigenvalue weighted by Gasteiger charge is -2.09. The Morgan fingerprint density at radius 1 is 1.40 bits per heavy atom. The fraction of sp³-hybridized carbons (Fsp3) is 0.231. The number of rotatable bonds is 4. The van der Waals surface area contributed by atoms with Crippen molar-refractivity contribution >= 4 is 21.6 Å². The van der Waals surface area contributed by atoms with E-state index in [-0.39, 0.29) is 5.56 Å². The second-order valence-electron chi connectivity index (χ2n) is 4.21. The molecule has 0 aliphatic rings. The van der Waals surface area contributed by atoms with Gasteiger partial charge in [-0.05, 0) is 34.0 Å². The predicted molar refractivity (Wildman–Crippen MR) is 75.7 cm³/mol. The lowest BCUT2D eigenvalue weighted by Crippen LogP contribution is -2.21. The first-order chi connectivity index (χ1) is 9.49. The molecule has 0 saturated carbocycles. The SMILES string of the molecule is Cn1ncc(NCCc2ccc(F)cc2F)c(Br)c1=O. The predicted octanol–water partition coefficient (Wildman–Crippen LogP) is 2.48. The summed E-state index contributed by atoms with van der Waals surface area (Å²) in [6, 6.07) is 3.48. The number of anilines is 1. The van der Waals surface area contributed by atoms with E-state index in [1.165, 1.54) is 23.0 Å². The highest BCUT2D eigenvalue weighted by Gasteiger charge is 2.07. The first-order valence-corrected chi connectivity index (χ1v) is 6.68. The van der Waals surface area contributed by atoms with Gasteiger partial charge in [0.15, 0.2) is 0 Å². The third-order valence-corrected chi connectivity index (χ3v) is 3.57. The van der Waals surface area contributed by atoms with Gasteiger partial charge in [-0.15, -0.1) is 0 Å². The Morgan fingerprint density at radius 3 is 2.85 bits per heavy atom. The Morgan fingerprint density at radius 2 is 2.15 bits per heavy atom. The molecular formula is C13H12BrF2N3O. The van der Waals surface area contributed by atoms with Gasteiger partial charge in [0.2, 0.25) is 0 Å². The Bertz CT molecular complexity index is 688. The molecule has 4 nitrogen and oxygen atoms in total. The van der Waals surface area contributed by atoms with Crippen molar-refractivity contribution in [1.82, 2.24) is 9.78 Å². The largest absolute Gasteiger partial charge is 0.382 e. The van der Waals surface area contributed by atoms with Crippen LogP contribution in [0, 0.1) is 11.6 Å². The molecule has 0 atom stereocenters. The van der Waals surface area contributed by atoms with Crippen molar-refractivity contribution in [1.29, 1.82) is 0 Å². The van der Waals surface area contributed by atoms with Gasteiger partial charge in [-0.1, -0.05) is 6.07 Å². The smallest absolute Gasteiger partial charge is 0.282 e. The molecule has 1 aromatic carbocycles. The average molecular weight is 344 g/mol. The van der Waals surface area contributed by atoms with Crippen LogP contribution in [0.5, 0.6) is 0 Å². The van der Waals surface area contributed by atoms with E-state index in [9.17, 15) is 13.6 Å². The lowest BCUT2D eigenvalue weighted by atomic mass is 10.1. The summed E-state index contributed by atoms with van der Waals surface area (Å²) in [5.41, 5.74) is 0.686. The van der Waals surface area contributed by atoms with E-state index < -0.39 is 11.6 Å². The molecule has 0 amide bonds. The Labute approximate surface area is 122 Å². The maximum Gasteiger partial charge on any atom is 0.282 e. The van der Waals surface area contributed by atoms with Crippen LogP contribution in [0.25, 0.3) is 0 Å². The van der Waals surface area contributed by atoms with Crippen molar-refractivity contribution < 1.29 is 8.78 Å². The molecule has 0 bridgehead atoms. The van der Waals surface area contributed by atoms with Crippen molar-refractivity contribution in [2.75, 3.05) is 11.9 Å². The maximum atomic E-state index is 13.4. The zero-order valence-corrected chi connectivity index (χ0v) is 12.2. The van der Waals surface area contributed by atoms with Crippen LogP contribution in [0.1, 0.15) is 5.56 Å². The van der Waals surface area contributed by atoms with Crippen LogP contribution in [-0.4, -0.2) is 16.3 Å². The quantitative estimate of drug-likeness (QED) is 0.927. The molecule has 0 radical (unpaired) electrons. The van der Waals surface area contributed by atoms with Crippen molar-refractivity contribution in [2.24, 2.45) is 7.05 Å². The topological polar surface area (TPSA) is 46.9 Å². The summed E-state index contributed by atoms with van der Waals surface area (Å²) in [5.74, 6) is -1.18. The second kappa shape index (κ2) is 6.13. The highest BCUT2D eigenvalue weighted by atomic mass is 79.9. The molecule has 0 spiro atoms. The summed E-state index contributed by atoms with van der Waals surface area (Å²) >= 11 is 3.18. The molecule has 1 N–H and O–H groups in total. The Balaban J connectivity index is 2.03. The average Bonchev–Trinajstić information content (AvgIpc) is 2.41. The molecule has 1 aromatic heterocycles. The van der Waals surface area contributed by atoms with Gasteiger partial charge < -0.3 is 5.32 Å². The highest BCUT2D eigenvalue weighted by molar-refractivity contribution is 9.10. The summed E-state index contributed by atoms with van der Waals surface area (Å²) in [6.07, 6.45) is 1.88. The van der Waals surface area contributed by atoms with Gasteiger partial charge in [-0.3, -0.25) is 4.79 Å². The van der Waals surface area contributed by atoms with Gasteiger partial charge in [0.05, 0.1) is 11.9 Å². The molecule has 0 aliphatic heterocycles. The van der Waals surface area contributed by atoms with Gasteiger partial charge in [0.25, 0.3) is 5.56 Å². The van der Waals surface area contributed by atoms with Crippen LogP contribution in [-0.2, 0) is 13.5 Å². The number of benzene rings is 1. The molecule has 1 heterocycles. The van der Waals surface area contributed by atoms with E-state index in [1.807, 2.05) is 0 Å². The van der Waals surface area contributed by atoms with Gasteiger partial charge in [-0.25, -0.2) is 13.5 Å². The molecule has 2 rings (SSSR count). The van der Waals surface area contributed by atoms with E-state index >= 15 is 0 Å². The first-order valence-electron chi connectivity index (χ1n) is 5.88. The minimum absolute atomic E-state index is 0.261. The molecule has 0 aliphatic carbocycles. The Kier molecular flexibility index (Phi) is 4.49. The second-order valence-corrected chi connectivity index (χ2v) is 5.01. The van der Waals surface area contributed by atoms with Crippen LogP contribution in [0.3, 0.4) is 0 Å². The zero-order chi connectivity index (χ0) is 14.7. The van der Waals surface area contributed by atoms with Gasteiger partial charge in [0.1, 0.15) is 16.1 Å². The van der Waals surface area contributed by atoms with E-state index in [4.69, 9.17) is 0 Å².